The molecule has 1 N–H and O–H groups in total. The van der Waals surface area contributed by atoms with Crippen LogP contribution in [-0.2, 0) is 0 Å². The number of carbonyl (C=O) groups is 1. The second kappa shape index (κ2) is 7.80. The van der Waals surface area contributed by atoms with Gasteiger partial charge in [0.15, 0.2) is 0 Å². The summed E-state index contributed by atoms with van der Waals surface area (Å²) in [6, 6.07) is 6.78. The Morgan fingerprint density at radius 3 is 1.83 bits per heavy atom. The van der Waals surface area contributed by atoms with Crippen LogP contribution < -0.4 is 5.32 Å². The molecule has 0 atom stereocenters. The molecule has 2 amide bonds. The SMILES string of the molecule is O=C(Nc1ccc(F)cc1)N(C1CCCCC1)C1CCCCC1. The summed E-state index contributed by atoms with van der Waals surface area (Å²) in [5, 5.41) is 2.98. The van der Waals surface area contributed by atoms with Gasteiger partial charge in [0.1, 0.15) is 5.82 Å². The van der Waals surface area contributed by atoms with Gasteiger partial charge < -0.3 is 10.2 Å². The van der Waals surface area contributed by atoms with Crippen molar-refractivity contribution < 1.29 is 9.18 Å². The molecule has 0 unspecified atom stereocenters. The van der Waals surface area contributed by atoms with Gasteiger partial charge in [-0.05, 0) is 49.9 Å². The molecule has 1 aromatic rings. The summed E-state index contributed by atoms with van der Waals surface area (Å²) in [5.41, 5.74) is 0.674. The minimum atomic E-state index is -0.278. The van der Waals surface area contributed by atoms with Gasteiger partial charge in [0.05, 0.1) is 0 Å². The summed E-state index contributed by atoms with van der Waals surface area (Å²) in [7, 11) is 0. The van der Waals surface area contributed by atoms with E-state index >= 15 is 0 Å². The predicted molar refractivity (Wildman–Crippen MR) is 91.0 cm³/mol. The summed E-state index contributed by atoms with van der Waals surface area (Å²) in [4.78, 5) is 15.0. The third-order valence-corrected chi connectivity index (χ3v) is 5.27. The lowest BCUT2D eigenvalue weighted by Gasteiger charge is -2.41. The molecule has 0 aromatic heterocycles. The number of rotatable bonds is 3. The molecular formula is C19H27FN2O. The molecule has 3 rings (SSSR count). The molecule has 23 heavy (non-hydrogen) atoms. The van der Waals surface area contributed by atoms with Gasteiger partial charge in [0.2, 0.25) is 0 Å². The molecule has 0 radical (unpaired) electrons. The standard InChI is InChI=1S/C19H27FN2O/c20-15-11-13-16(14-12-15)21-19(23)22(17-7-3-1-4-8-17)18-9-5-2-6-10-18/h11-14,17-18H,1-10H2,(H,21,23). The lowest BCUT2D eigenvalue weighted by atomic mass is 9.89. The Labute approximate surface area is 138 Å². The summed E-state index contributed by atoms with van der Waals surface area (Å²) in [5.74, 6) is -0.278. The molecule has 0 spiro atoms. The number of anilines is 1. The molecule has 2 fully saturated rings. The highest BCUT2D eigenvalue weighted by Gasteiger charge is 2.32. The van der Waals surface area contributed by atoms with E-state index < -0.39 is 0 Å². The van der Waals surface area contributed by atoms with Gasteiger partial charge in [0, 0.05) is 17.8 Å². The van der Waals surface area contributed by atoms with E-state index in [2.05, 4.69) is 10.2 Å². The Bertz CT molecular complexity index is 487. The number of nitrogens with one attached hydrogen (secondary N) is 1. The Kier molecular flexibility index (Phi) is 5.52. The van der Waals surface area contributed by atoms with Crippen LogP contribution in [0.5, 0.6) is 0 Å². The maximum absolute atomic E-state index is 13.0. The molecule has 126 valence electrons. The highest BCUT2D eigenvalue weighted by atomic mass is 19.1. The van der Waals surface area contributed by atoms with Crippen molar-refractivity contribution in [3.8, 4) is 0 Å². The van der Waals surface area contributed by atoms with E-state index in [0.29, 0.717) is 17.8 Å². The normalized spacial score (nSPS) is 20.2. The number of hydrogen-bond acceptors (Lipinski definition) is 1. The molecule has 0 aliphatic heterocycles. The fourth-order valence-corrected chi connectivity index (χ4v) is 4.07. The number of urea groups is 1. The van der Waals surface area contributed by atoms with Crippen LogP contribution in [0, 0.1) is 5.82 Å². The minimum Gasteiger partial charge on any atom is -0.319 e. The van der Waals surface area contributed by atoms with Gasteiger partial charge in [-0.2, -0.15) is 0 Å². The van der Waals surface area contributed by atoms with E-state index in [0.717, 1.165) is 25.7 Å². The highest BCUT2D eigenvalue weighted by molar-refractivity contribution is 5.89. The van der Waals surface area contributed by atoms with Crippen molar-refractivity contribution >= 4 is 11.7 Å². The summed E-state index contributed by atoms with van der Waals surface area (Å²) in [6.07, 6.45) is 11.9. The second-order valence-electron chi connectivity index (χ2n) is 6.93. The number of benzene rings is 1. The quantitative estimate of drug-likeness (QED) is 0.803. The maximum Gasteiger partial charge on any atom is 0.322 e. The first-order valence-corrected chi connectivity index (χ1v) is 9.09. The predicted octanol–water partition coefficient (Wildman–Crippen LogP) is 5.33. The number of hydrogen-bond donors (Lipinski definition) is 1. The van der Waals surface area contributed by atoms with Crippen molar-refractivity contribution in [1.82, 2.24) is 4.90 Å². The molecule has 2 saturated carbocycles. The number of amides is 2. The molecule has 4 heteroatoms. The Morgan fingerprint density at radius 1 is 0.870 bits per heavy atom. The van der Waals surface area contributed by atoms with E-state index in [1.165, 1.54) is 50.7 Å². The number of carbonyl (C=O) groups excluding carboxylic acids is 1. The number of halogens is 1. The zero-order chi connectivity index (χ0) is 16.1. The zero-order valence-electron chi connectivity index (χ0n) is 13.8. The van der Waals surface area contributed by atoms with Crippen molar-refractivity contribution in [3.63, 3.8) is 0 Å². The van der Waals surface area contributed by atoms with Crippen LogP contribution in [0.25, 0.3) is 0 Å². The van der Waals surface area contributed by atoms with Crippen LogP contribution >= 0.6 is 0 Å². The van der Waals surface area contributed by atoms with Gasteiger partial charge >= 0.3 is 6.03 Å². The third kappa shape index (κ3) is 4.24. The first-order chi connectivity index (χ1) is 11.2. The highest BCUT2D eigenvalue weighted by Crippen LogP contribution is 2.30. The van der Waals surface area contributed by atoms with E-state index in [1.807, 2.05) is 0 Å². The number of nitrogens with zero attached hydrogens (tertiary/aromatic N) is 1. The van der Waals surface area contributed by atoms with Crippen molar-refractivity contribution in [3.05, 3.63) is 30.1 Å². The van der Waals surface area contributed by atoms with Gasteiger partial charge in [0.25, 0.3) is 0 Å². The maximum atomic E-state index is 13.0. The van der Waals surface area contributed by atoms with Crippen molar-refractivity contribution in [2.75, 3.05) is 5.32 Å². The molecule has 0 saturated heterocycles. The van der Waals surface area contributed by atoms with Crippen LogP contribution in [0.3, 0.4) is 0 Å². The lowest BCUT2D eigenvalue weighted by molar-refractivity contribution is 0.114. The smallest absolute Gasteiger partial charge is 0.319 e. The van der Waals surface area contributed by atoms with Crippen molar-refractivity contribution in [2.24, 2.45) is 0 Å². The Balaban J connectivity index is 1.72. The second-order valence-corrected chi connectivity index (χ2v) is 6.93. The average Bonchev–Trinajstić information content (AvgIpc) is 2.59. The first kappa shape index (κ1) is 16.3. The fraction of sp³-hybridized carbons (Fsp3) is 0.632. The molecule has 2 aliphatic rings. The van der Waals surface area contributed by atoms with E-state index in [9.17, 15) is 9.18 Å². The largest absolute Gasteiger partial charge is 0.322 e. The summed E-state index contributed by atoms with van der Waals surface area (Å²) < 4.78 is 13.0. The van der Waals surface area contributed by atoms with Crippen molar-refractivity contribution in [1.29, 1.82) is 0 Å². The summed E-state index contributed by atoms with van der Waals surface area (Å²) >= 11 is 0. The molecule has 2 aliphatic carbocycles. The topological polar surface area (TPSA) is 32.3 Å². The molecule has 1 aromatic carbocycles. The van der Waals surface area contributed by atoms with Gasteiger partial charge in [-0.15, -0.1) is 0 Å². The monoisotopic (exact) mass is 318 g/mol. The lowest BCUT2D eigenvalue weighted by Crippen LogP contribution is -2.50. The Morgan fingerprint density at radius 2 is 1.35 bits per heavy atom. The molecule has 0 bridgehead atoms. The van der Waals surface area contributed by atoms with E-state index in [-0.39, 0.29) is 11.8 Å². The zero-order valence-corrected chi connectivity index (χ0v) is 13.8. The van der Waals surface area contributed by atoms with Crippen molar-refractivity contribution in [2.45, 2.75) is 76.3 Å². The average molecular weight is 318 g/mol. The van der Waals surface area contributed by atoms with Crippen LogP contribution in [-0.4, -0.2) is 23.0 Å². The minimum absolute atomic E-state index is 0.00425. The van der Waals surface area contributed by atoms with Crippen LogP contribution in [0.1, 0.15) is 64.2 Å². The van der Waals surface area contributed by atoms with Gasteiger partial charge in [-0.3, -0.25) is 0 Å². The van der Waals surface area contributed by atoms with E-state index in [4.69, 9.17) is 0 Å². The van der Waals surface area contributed by atoms with Gasteiger partial charge in [-0.25, -0.2) is 9.18 Å². The first-order valence-electron chi connectivity index (χ1n) is 9.09. The van der Waals surface area contributed by atoms with Gasteiger partial charge in [-0.1, -0.05) is 38.5 Å². The molecule has 0 heterocycles. The fourth-order valence-electron chi connectivity index (χ4n) is 4.07. The van der Waals surface area contributed by atoms with E-state index in [1.54, 1.807) is 12.1 Å². The molecule has 3 nitrogen and oxygen atoms in total. The van der Waals surface area contributed by atoms with Crippen LogP contribution in [0.2, 0.25) is 0 Å². The van der Waals surface area contributed by atoms with Crippen LogP contribution in [0.4, 0.5) is 14.9 Å². The van der Waals surface area contributed by atoms with Crippen LogP contribution in [0.15, 0.2) is 24.3 Å². The summed E-state index contributed by atoms with van der Waals surface area (Å²) in [6.45, 7) is 0. The molecular weight excluding hydrogens is 291 g/mol. The third-order valence-electron chi connectivity index (χ3n) is 5.27. The Hall–Kier alpha value is -1.58.